The van der Waals surface area contributed by atoms with Gasteiger partial charge in [0.2, 0.25) is 5.91 Å². The quantitative estimate of drug-likeness (QED) is 0.366. The number of fused-ring (bicyclic) bond motifs is 1. The summed E-state index contributed by atoms with van der Waals surface area (Å²) in [5, 5.41) is 0. The molecule has 0 atom stereocenters. The minimum atomic E-state index is -0.709. The fourth-order valence-corrected chi connectivity index (χ4v) is 6.42. The van der Waals surface area contributed by atoms with Crippen LogP contribution < -0.4 is 9.64 Å². The Morgan fingerprint density at radius 2 is 1.73 bits per heavy atom. The fraction of sp³-hybridized carbons (Fsp3) is 0.469. The molecule has 0 radical (unpaired) electrons. The van der Waals surface area contributed by atoms with Crippen LogP contribution in [0.3, 0.4) is 0 Å². The van der Waals surface area contributed by atoms with Crippen LogP contribution in [0, 0.1) is 23.4 Å². The maximum Gasteiger partial charge on any atom is 0.230 e. The van der Waals surface area contributed by atoms with Crippen molar-refractivity contribution in [2.75, 3.05) is 38.2 Å². The number of carbonyl (C=O) groups is 1. The number of amides is 1. The molecule has 3 aromatic rings. The van der Waals surface area contributed by atoms with E-state index < -0.39 is 11.6 Å². The van der Waals surface area contributed by atoms with Gasteiger partial charge in [-0.15, -0.1) is 0 Å². The lowest BCUT2D eigenvalue weighted by molar-refractivity contribution is -0.123. The molecule has 1 saturated carbocycles. The van der Waals surface area contributed by atoms with Crippen molar-refractivity contribution in [1.29, 1.82) is 0 Å². The summed E-state index contributed by atoms with van der Waals surface area (Å²) in [7, 11) is 2.08. The van der Waals surface area contributed by atoms with Gasteiger partial charge in [-0.1, -0.05) is 31.4 Å². The molecule has 6 nitrogen and oxygen atoms in total. The van der Waals surface area contributed by atoms with Gasteiger partial charge in [0, 0.05) is 17.9 Å². The van der Waals surface area contributed by atoms with Crippen LogP contribution in [0.4, 0.5) is 18.9 Å². The summed E-state index contributed by atoms with van der Waals surface area (Å²) < 4.78 is 51.0. The molecule has 2 aromatic carbocycles. The summed E-state index contributed by atoms with van der Waals surface area (Å²) in [6.07, 6.45) is 7.84. The zero-order valence-corrected chi connectivity index (χ0v) is 23.3. The Kier molecular flexibility index (Phi) is 7.97. The Morgan fingerprint density at radius 1 is 0.951 bits per heavy atom. The molecule has 6 rings (SSSR count). The van der Waals surface area contributed by atoms with Crippen LogP contribution in [-0.2, 0) is 11.2 Å². The number of likely N-dealkylation sites (tertiary alicyclic amines) is 1. The first-order valence-corrected chi connectivity index (χ1v) is 14.6. The maximum atomic E-state index is 15.3. The predicted molar refractivity (Wildman–Crippen MR) is 150 cm³/mol. The van der Waals surface area contributed by atoms with Crippen molar-refractivity contribution in [3.8, 4) is 17.0 Å². The third-order valence-electron chi connectivity index (χ3n) is 8.75. The normalized spacial score (nSPS) is 18.7. The second kappa shape index (κ2) is 11.8. The summed E-state index contributed by atoms with van der Waals surface area (Å²) in [5.41, 5.74) is 1.81. The Bertz CT molecular complexity index is 1430. The molecule has 3 aliphatic rings. The molecule has 0 N–H and O–H groups in total. The molecule has 0 unspecified atom stereocenters. The number of benzene rings is 2. The molecule has 2 aliphatic heterocycles. The van der Waals surface area contributed by atoms with Crippen molar-refractivity contribution in [3.05, 3.63) is 70.9 Å². The SMILES string of the molecule is CN1CCC(c2ccc(Cc3ncc(F)c(-c4cc(F)c5c(c4)N(C(=O)C4CCCCC4)CCO5)n3)cc2F)CC1. The Hall–Kier alpha value is -3.46. The van der Waals surface area contributed by atoms with Crippen LogP contribution in [-0.4, -0.2) is 54.1 Å². The van der Waals surface area contributed by atoms with Crippen LogP contribution in [0.5, 0.6) is 5.75 Å². The lowest BCUT2D eigenvalue weighted by Gasteiger charge is -2.33. The van der Waals surface area contributed by atoms with Crippen molar-refractivity contribution in [3.63, 3.8) is 0 Å². The number of hydrogen-bond acceptors (Lipinski definition) is 5. The minimum Gasteiger partial charge on any atom is -0.486 e. The number of piperidine rings is 1. The van der Waals surface area contributed by atoms with Gasteiger partial charge in [0.1, 0.15) is 23.9 Å². The van der Waals surface area contributed by atoms with Crippen molar-refractivity contribution in [2.24, 2.45) is 5.92 Å². The highest BCUT2D eigenvalue weighted by Gasteiger charge is 2.32. The molecule has 3 heterocycles. The van der Waals surface area contributed by atoms with Gasteiger partial charge in [0.15, 0.2) is 17.4 Å². The van der Waals surface area contributed by atoms with E-state index in [4.69, 9.17) is 4.74 Å². The van der Waals surface area contributed by atoms with E-state index in [1.54, 1.807) is 11.0 Å². The fourth-order valence-electron chi connectivity index (χ4n) is 6.42. The van der Waals surface area contributed by atoms with E-state index in [1.165, 1.54) is 12.1 Å². The number of hydrogen-bond donors (Lipinski definition) is 0. The number of nitrogens with zero attached hydrogens (tertiary/aromatic N) is 4. The first kappa shape index (κ1) is 27.7. The second-order valence-corrected chi connectivity index (χ2v) is 11.6. The van der Waals surface area contributed by atoms with Crippen molar-refractivity contribution < 1.29 is 22.7 Å². The van der Waals surface area contributed by atoms with E-state index in [2.05, 4.69) is 21.9 Å². The number of ether oxygens (including phenoxy) is 1. The molecule has 1 saturated heterocycles. The van der Waals surface area contributed by atoms with Crippen molar-refractivity contribution in [1.82, 2.24) is 14.9 Å². The smallest absolute Gasteiger partial charge is 0.230 e. The third kappa shape index (κ3) is 5.82. The Balaban J connectivity index is 1.26. The molecule has 9 heteroatoms. The topological polar surface area (TPSA) is 58.6 Å². The zero-order chi connectivity index (χ0) is 28.5. The molecule has 216 valence electrons. The van der Waals surface area contributed by atoms with E-state index >= 15 is 13.2 Å². The standard InChI is InChI=1S/C32H35F3N4O2/c1-38-11-9-21(10-12-38)24-8-7-20(15-25(24)33)16-29-36-19-27(35)30(37-29)23-17-26(34)31-28(18-23)39(13-14-41-31)32(40)22-5-3-2-4-6-22/h7-8,15,17-19,21-22H,2-6,9-14,16H2,1H3. The predicted octanol–water partition coefficient (Wildman–Crippen LogP) is 6.27. The highest BCUT2D eigenvalue weighted by atomic mass is 19.1. The van der Waals surface area contributed by atoms with Crippen molar-refractivity contribution >= 4 is 11.6 Å². The van der Waals surface area contributed by atoms with Crippen LogP contribution in [0.25, 0.3) is 11.3 Å². The third-order valence-corrected chi connectivity index (χ3v) is 8.75. The Labute approximate surface area is 238 Å². The average molecular weight is 565 g/mol. The van der Waals surface area contributed by atoms with Gasteiger partial charge in [-0.3, -0.25) is 4.79 Å². The zero-order valence-electron chi connectivity index (χ0n) is 23.3. The van der Waals surface area contributed by atoms with Gasteiger partial charge in [-0.2, -0.15) is 0 Å². The van der Waals surface area contributed by atoms with Gasteiger partial charge < -0.3 is 14.5 Å². The molecular formula is C32H35F3N4O2. The van der Waals surface area contributed by atoms with Crippen LogP contribution >= 0.6 is 0 Å². The van der Waals surface area contributed by atoms with Crippen LogP contribution in [0.1, 0.15) is 67.8 Å². The molecule has 0 bridgehead atoms. The summed E-state index contributed by atoms with van der Waals surface area (Å²) >= 11 is 0. The first-order chi connectivity index (χ1) is 19.9. The minimum absolute atomic E-state index is 0.000905. The first-order valence-electron chi connectivity index (χ1n) is 14.6. The maximum absolute atomic E-state index is 15.3. The van der Waals surface area contributed by atoms with E-state index in [1.807, 2.05) is 12.1 Å². The van der Waals surface area contributed by atoms with E-state index in [9.17, 15) is 4.79 Å². The summed E-state index contributed by atoms with van der Waals surface area (Å²) in [6, 6.07) is 7.96. The number of halogens is 3. The molecule has 1 aromatic heterocycles. The largest absolute Gasteiger partial charge is 0.486 e. The van der Waals surface area contributed by atoms with E-state index in [-0.39, 0.29) is 59.4 Å². The van der Waals surface area contributed by atoms with Gasteiger partial charge in [-0.25, -0.2) is 23.1 Å². The van der Waals surface area contributed by atoms with Crippen molar-refractivity contribution in [2.45, 2.75) is 57.3 Å². The van der Waals surface area contributed by atoms with Gasteiger partial charge in [0.25, 0.3) is 0 Å². The average Bonchev–Trinajstić information content (AvgIpc) is 2.98. The summed E-state index contributed by atoms with van der Waals surface area (Å²) in [5.74, 6) is -1.30. The molecule has 41 heavy (non-hydrogen) atoms. The molecule has 0 spiro atoms. The van der Waals surface area contributed by atoms with Crippen LogP contribution in [0.15, 0.2) is 36.5 Å². The number of rotatable bonds is 5. The lowest BCUT2D eigenvalue weighted by Crippen LogP contribution is -2.42. The van der Waals surface area contributed by atoms with Gasteiger partial charge >= 0.3 is 0 Å². The summed E-state index contributed by atoms with van der Waals surface area (Å²) in [6.45, 7) is 2.39. The van der Waals surface area contributed by atoms with Gasteiger partial charge in [0.05, 0.1) is 18.4 Å². The van der Waals surface area contributed by atoms with E-state index in [0.717, 1.165) is 69.8 Å². The molecule has 1 aliphatic carbocycles. The lowest BCUT2D eigenvalue weighted by atomic mass is 9.88. The summed E-state index contributed by atoms with van der Waals surface area (Å²) in [4.78, 5) is 25.8. The molecular weight excluding hydrogens is 529 g/mol. The number of carbonyl (C=O) groups excluding carboxylic acids is 1. The van der Waals surface area contributed by atoms with E-state index in [0.29, 0.717) is 17.8 Å². The second-order valence-electron chi connectivity index (χ2n) is 11.6. The number of aromatic nitrogens is 2. The molecule has 1 amide bonds. The van der Waals surface area contributed by atoms with Crippen LogP contribution in [0.2, 0.25) is 0 Å². The molecule has 2 fully saturated rings. The highest BCUT2D eigenvalue weighted by Crippen LogP contribution is 2.40. The number of anilines is 1. The monoisotopic (exact) mass is 564 g/mol. The Morgan fingerprint density at radius 3 is 2.49 bits per heavy atom. The highest BCUT2D eigenvalue weighted by molar-refractivity contribution is 5.97. The van der Waals surface area contributed by atoms with Gasteiger partial charge in [-0.05, 0) is 81.1 Å².